The third kappa shape index (κ3) is 3.59. The summed E-state index contributed by atoms with van der Waals surface area (Å²) in [6.45, 7) is 1.44. The molecule has 114 valence electrons. The molecule has 0 aromatic heterocycles. The Balaban J connectivity index is 0.00000200. The molecule has 1 aromatic carbocycles. The van der Waals surface area contributed by atoms with Crippen LogP contribution in [0.5, 0.6) is 0 Å². The molecule has 2 N–H and O–H groups in total. The van der Waals surface area contributed by atoms with Crippen molar-refractivity contribution in [3.05, 3.63) is 28.2 Å². The van der Waals surface area contributed by atoms with E-state index in [4.69, 9.17) is 28.9 Å². The summed E-state index contributed by atoms with van der Waals surface area (Å²) in [6.07, 6.45) is 1.78. The number of benzene rings is 1. The fraction of sp³-hybridized carbons (Fsp3) is 0.500. The van der Waals surface area contributed by atoms with Gasteiger partial charge in [0.1, 0.15) is 4.90 Å². The van der Waals surface area contributed by atoms with E-state index in [-0.39, 0.29) is 33.3 Å². The van der Waals surface area contributed by atoms with Crippen molar-refractivity contribution in [3.8, 4) is 0 Å². The number of hydrogen-bond acceptors (Lipinski definition) is 3. The monoisotopic (exact) mass is 358 g/mol. The lowest BCUT2D eigenvalue weighted by Crippen LogP contribution is -2.42. The van der Waals surface area contributed by atoms with Crippen LogP contribution in [0.15, 0.2) is 23.1 Å². The second kappa shape index (κ2) is 7.29. The standard InChI is InChI=1S/C12H16Cl2N2O2S.ClH/c13-10-4-1-5-11(12(10)14)19(17,18)16-6-2-3-9(7-15)8-16;/h1,4-5,9H,2-3,6-8,15H2;1H. The summed E-state index contributed by atoms with van der Waals surface area (Å²) >= 11 is 11.9. The van der Waals surface area contributed by atoms with Crippen molar-refractivity contribution in [2.75, 3.05) is 19.6 Å². The maximum atomic E-state index is 12.6. The number of halogens is 3. The Bertz CT molecular complexity index is 566. The van der Waals surface area contributed by atoms with E-state index in [2.05, 4.69) is 0 Å². The summed E-state index contributed by atoms with van der Waals surface area (Å²) in [5.74, 6) is 0.210. The summed E-state index contributed by atoms with van der Waals surface area (Å²) in [5, 5.41) is 0.328. The average Bonchev–Trinajstić information content (AvgIpc) is 2.41. The average molecular weight is 360 g/mol. The fourth-order valence-corrected chi connectivity index (χ4v) is 4.55. The highest BCUT2D eigenvalue weighted by molar-refractivity contribution is 7.89. The molecule has 0 bridgehead atoms. The van der Waals surface area contributed by atoms with Crippen molar-refractivity contribution in [1.29, 1.82) is 0 Å². The molecule has 0 aliphatic carbocycles. The zero-order valence-corrected chi connectivity index (χ0v) is 13.9. The van der Waals surface area contributed by atoms with Crippen LogP contribution in [0.3, 0.4) is 0 Å². The Morgan fingerprint density at radius 2 is 2.05 bits per heavy atom. The Labute approximate surface area is 135 Å². The SMILES string of the molecule is Cl.NCC1CCCN(S(=O)(=O)c2cccc(Cl)c2Cl)C1. The molecule has 1 aliphatic heterocycles. The van der Waals surface area contributed by atoms with Crippen molar-refractivity contribution < 1.29 is 8.42 Å². The van der Waals surface area contributed by atoms with Gasteiger partial charge in [0.15, 0.2) is 0 Å². The number of piperidine rings is 1. The van der Waals surface area contributed by atoms with Crippen LogP contribution in [0.1, 0.15) is 12.8 Å². The maximum absolute atomic E-state index is 12.6. The molecule has 8 heteroatoms. The molecule has 0 saturated carbocycles. The lowest BCUT2D eigenvalue weighted by atomic mass is 10.0. The molecular formula is C12H17Cl3N2O2S. The molecule has 1 aromatic rings. The number of nitrogens with zero attached hydrogens (tertiary/aromatic N) is 1. The largest absolute Gasteiger partial charge is 0.330 e. The van der Waals surface area contributed by atoms with Gasteiger partial charge in [-0.15, -0.1) is 12.4 Å². The summed E-state index contributed by atoms with van der Waals surface area (Å²) < 4.78 is 26.6. The zero-order valence-electron chi connectivity index (χ0n) is 10.8. The van der Waals surface area contributed by atoms with Gasteiger partial charge in [-0.05, 0) is 37.4 Å². The van der Waals surface area contributed by atoms with E-state index in [9.17, 15) is 8.42 Å². The van der Waals surface area contributed by atoms with Crippen molar-refractivity contribution in [2.45, 2.75) is 17.7 Å². The molecule has 0 radical (unpaired) electrons. The van der Waals surface area contributed by atoms with Crippen molar-refractivity contribution >= 4 is 45.6 Å². The van der Waals surface area contributed by atoms with Crippen LogP contribution < -0.4 is 5.73 Å². The van der Waals surface area contributed by atoms with Gasteiger partial charge < -0.3 is 5.73 Å². The molecule has 4 nitrogen and oxygen atoms in total. The molecule has 1 unspecified atom stereocenters. The van der Waals surface area contributed by atoms with Gasteiger partial charge in [0.05, 0.1) is 10.0 Å². The minimum absolute atomic E-state index is 0. The normalized spacial score (nSPS) is 20.4. The predicted octanol–water partition coefficient (Wildman–Crippen LogP) is 2.77. The van der Waals surface area contributed by atoms with Crippen LogP contribution in [0, 0.1) is 5.92 Å². The third-order valence-electron chi connectivity index (χ3n) is 3.35. The minimum atomic E-state index is -3.60. The Hall–Kier alpha value is -0.0400. The molecule has 1 heterocycles. The Kier molecular flexibility index (Phi) is 6.57. The number of sulfonamides is 1. The van der Waals surface area contributed by atoms with E-state index in [0.717, 1.165) is 12.8 Å². The van der Waals surface area contributed by atoms with Crippen molar-refractivity contribution in [2.24, 2.45) is 11.7 Å². The quantitative estimate of drug-likeness (QED) is 0.902. The topological polar surface area (TPSA) is 63.4 Å². The first-order valence-electron chi connectivity index (χ1n) is 6.11. The molecule has 1 fully saturated rings. The van der Waals surface area contributed by atoms with Gasteiger partial charge in [0.2, 0.25) is 10.0 Å². The number of nitrogens with two attached hydrogens (primary N) is 1. The molecule has 1 atom stereocenters. The van der Waals surface area contributed by atoms with E-state index < -0.39 is 10.0 Å². The van der Waals surface area contributed by atoms with Crippen molar-refractivity contribution in [3.63, 3.8) is 0 Å². The Morgan fingerprint density at radius 1 is 1.35 bits per heavy atom. The second-order valence-electron chi connectivity index (χ2n) is 4.66. The first kappa shape index (κ1) is 18.0. The highest BCUT2D eigenvalue weighted by Crippen LogP contribution is 2.32. The van der Waals surface area contributed by atoms with Gasteiger partial charge in [-0.3, -0.25) is 0 Å². The zero-order chi connectivity index (χ0) is 14.0. The number of rotatable bonds is 3. The van der Waals surface area contributed by atoms with Crippen LogP contribution in [0.2, 0.25) is 10.0 Å². The molecule has 0 spiro atoms. The Morgan fingerprint density at radius 3 is 2.70 bits per heavy atom. The van der Waals surface area contributed by atoms with Crippen LogP contribution in [0.25, 0.3) is 0 Å². The van der Waals surface area contributed by atoms with Gasteiger partial charge in [-0.25, -0.2) is 8.42 Å². The van der Waals surface area contributed by atoms with Crippen LogP contribution >= 0.6 is 35.6 Å². The third-order valence-corrected chi connectivity index (χ3v) is 6.19. The first-order chi connectivity index (χ1) is 8.96. The van der Waals surface area contributed by atoms with Gasteiger partial charge in [-0.1, -0.05) is 29.3 Å². The summed E-state index contributed by atoms with van der Waals surface area (Å²) in [4.78, 5) is 0.0688. The maximum Gasteiger partial charge on any atom is 0.244 e. The van der Waals surface area contributed by atoms with Gasteiger partial charge in [0.25, 0.3) is 0 Å². The van der Waals surface area contributed by atoms with Gasteiger partial charge >= 0.3 is 0 Å². The molecule has 20 heavy (non-hydrogen) atoms. The first-order valence-corrected chi connectivity index (χ1v) is 8.30. The smallest absolute Gasteiger partial charge is 0.244 e. The van der Waals surface area contributed by atoms with E-state index in [0.29, 0.717) is 19.6 Å². The van der Waals surface area contributed by atoms with Crippen LogP contribution in [-0.2, 0) is 10.0 Å². The lowest BCUT2D eigenvalue weighted by molar-refractivity contribution is 0.271. The van der Waals surface area contributed by atoms with Crippen LogP contribution in [-0.4, -0.2) is 32.4 Å². The van der Waals surface area contributed by atoms with E-state index in [1.807, 2.05) is 0 Å². The van der Waals surface area contributed by atoms with E-state index in [1.54, 1.807) is 12.1 Å². The summed E-state index contributed by atoms with van der Waals surface area (Å²) in [5.41, 5.74) is 5.63. The highest BCUT2D eigenvalue weighted by Gasteiger charge is 2.31. The van der Waals surface area contributed by atoms with E-state index >= 15 is 0 Å². The lowest BCUT2D eigenvalue weighted by Gasteiger charge is -2.31. The van der Waals surface area contributed by atoms with Crippen LogP contribution in [0.4, 0.5) is 0 Å². The molecule has 1 saturated heterocycles. The van der Waals surface area contributed by atoms with Crippen molar-refractivity contribution in [1.82, 2.24) is 4.31 Å². The summed E-state index contributed by atoms with van der Waals surface area (Å²) in [6, 6.07) is 4.64. The second-order valence-corrected chi connectivity index (χ2v) is 7.35. The molecule has 1 aliphatic rings. The molecule has 0 amide bonds. The molecule has 2 rings (SSSR count). The molecular weight excluding hydrogens is 343 g/mol. The van der Waals surface area contributed by atoms with Gasteiger partial charge in [0, 0.05) is 13.1 Å². The number of hydrogen-bond donors (Lipinski definition) is 1. The predicted molar refractivity (Wildman–Crippen MR) is 84.2 cm³/mol. The highest BCUT2D eigenvalue weighted by atomic mass is 35.5. The minimum Gasteiger partial charge on any atom is -0.330 e. The van der Waals surface area contributed by atoms with Gasteiger partial charge in [-0.2, -0.15) is 4.31 Å². The summed E-state index contributed by atoms with van der Waals surface area (Å²) in [7, 11) is -3.60. The van der Waals surface area contributed by atoms with E-state index in [1.165, 1.54) is 10.4 Å². The fourth-order valence-electron chi connectivity index (χ4n) is 2.26.